The number of anilines is 1. The number of nitrogens with one attached hydrogen (secondary N) is 1. The molecule has 21 heavy (non-hydrogen) atoms. The van der Waals surface area contributed by atoms with Crippen molar-refractivity contribution in [1.29, 1.82) is 0 Å². The largest absolute Gasteiger partial charge is 0.384 e. The Hall–Kier alpha value is -2.14. The summed E-state index contributed by atoms with van der Waals surface area (Å²) in [6, 6.07) is 7.73. The third kappa shape index (κ3) is 3.49. The van der Waals surface area contributed by atoms with Crippen LogP contribution in [-0.2, 0) is 6.54 Å². The van der Waals surface area contributed by atoms with Gasteiger partial charge < -0.3 is 9.88 Å². The molecule has 1 N–H and O–H groups in total. The molecule has 1 aromatic carbocycles. The highest BCUT2D eigenvalue weighted by molar-refractivity contribution is 6.31. The molecule has 0 spiro atoms. The van der Waals surface area contributed by atoms with Gasteiger partial charge in [-0.2, -0.15) is 0 Å². The zero-order valence-corrected chi connectivity index (χ0v) is 12.3. The van der Waals surface area contributed by atoms with E-state index in [1.165, 1.54) is 0 Å². The number of hydrogen-bond donors (Lipinski definition) is 1. The summed E-state index contributed by atoms with van der Waals surface area (Å²) in [6.07, 6.45) is 7.45. The lowest BCUT2D eigenvalue weighted by atomic mass is 10.2. The quantitative estimate of drug-likeness (QED) is 0.709. The molecule has 0 aliphatic carbocycles. The third-order valence-electron chi connectivity index (χ3n) is 3.33. The van der Waals surface area contributed by atoms with Gasteiger partial charge in [0.25, 0.3) is 0 Å². The number of hydrogen-bond acceptors (Lipinski definition) is 4. The van der Waals surface area contributed by atoms with Gasteiger partial charge in [0.15, 0.2) is 0 Å². The average molecular weight is 302 g/mol. The number of aryl methyl sites for hydroxylation is 1. The van der Waals surface area contributed by atoms with E-state index in [0.29, 0.717) is 0 Å². The molecule has 0 aliphatic heterocycles. The van der Waals surface area contributed by atoms with Crippen LogP contribution in [0.25, 0.3) is 10.9 Å². The van der Waals surface area contributed by atoms with Crippen LogP contribution >= 0.6 is 11.6 Å². The standard InChI is InChI=1S/C15H16ClN5/c16-12-3-4-14-13(9-12)15(5-7-18-14)17-6-1-2-8-21-10-19-20-11-21/h3-5,7,9-11H,1-2,6,8H2,(H,17,18). The first-order chi connectivity index (χ1) is 10.3. The molecule has 0 saturated heterocycles. The maximum atomic E-state index is 6.06. The first-order valence-electron chi connectivity index (χ1n) is 6.93. The van der Waals surface area contributed by atoms with Crippen molar-refractivity contribution < 1.29 is 0 Å². The number of nitrogens with zero attached hydrogens (tertiary/aromatic N) is 4. The lowest BCUT2D eigenvalue weighted by Crippen LogP contribution is -2.04. The van der Waals surface area contributed by atoms with Crippen molar-refractivity contribution in [1.82, 2.24) is 19.7 Å². The third-order valence-corrected chi connectivity index (χ3v) is 3.56. The number of rotatable bonds is 6. The number of fused-ring (bicyclic) bond motifs is 1. The van der Waals surface area contributed by atoms with Crippen molar-refractivity contribution in [3.05, 3.63) is 48.1 Å². The molecule has 6 heteroatoms. The summed E-state index contributed by atoms with van der Waals surface area (Å²) in [5.74, 6) is 0. The minimum absolute atomic E-state index is 0.728. The summed E-state index contributed by atoms with van der Waals surface area (Å²) in [4.78, 5) is 4.35. The maximum absolute atomic E-state index is 6.06. The van der Waals surface area contributed by atoms with Gasteiger partial charge in [0, 0.05) is 35.4 Å². The Labute approximate surface area is 128 Å². The van der Waals surface area contributed by atoms with Crippen LogP contribution in [0.4, 0.5) is 5.69 Å². The minimum atomic E-state index is 0.728. The molecule has 0 aliphatic rings. The number of pyridine rings is 1. The van der Waals surface area contributed by atoms with Crippen LogP contribution in [0, 0.1) is 0 Å². The first kappa shape index (κ1) is 13.8. The monoisotopic (exact) mass is 301 g/mol. The highest BCUT2D eigenvalue weighted by Gasteiger charge is 2.02. The van der Waals surface area contributed by atoms with E-state index in [2.05, 4.69) is 20.5 Å². The second kappa shape index (κ2) is 6.54. The van der Waals surface area contributed by atoms with Crippen molar-refractivity contribution in [2.75, 3.05) is 11.9 Å². The molecular weight excluding hydrogens is 286 g/mol. The molecule has 3 rings (SSSR count). The number of unbranched alkanes of at least 4 members (excludes halogenated alkanes) is 1. The predicted molar refractivity (Wildman–Crippen MR) is 84.5 cm³/mol. The number of benzene rings is 1. The van der Waals surface area contributed by atoms with Gasteiger partial charge in [-0.1, -0.05) is 11.6 Å². The van der Waals surface area contributed by atoms with Crippen molar-refractivity contribution in [2.24, 2.45) is 0 Å². The summed E-state index contributed by atoms with van der Waals surface area (Å²) in [7, 11) is 0. The Kier molecular flexibility index (Phi) is 4.31. The smallest absolute Gasteiger partial charge is 0.119 e. The van der Waals surface area contributed by atoms with Crippen LogP contribution in [0.3, 0.4) is 0 Å². The maximum Gasteiger partial charge on any atom is 0.119 e. The van der Waals surface area contributed by atoms with Crippen molar-refractivity contribution in [3.8, 4) is 0 Å². The summed E-state index contributed by atoms with van der Waals surface area (Å²) in [5, 5.41) is 12.8. The Morgan fingerprint density at radius 3 is 2.81 bits per heavy atom. The average Bonchev–Trinajstić information content (AvgIpc) is 3.00. The fourth-order valence-electron chi connectivity index (χ4n) is 2.25. The molecule has 0 bridgehead atoms. The zero-order valence-electron chi connectivity index (χ0n) is 11.5. The van der Waals surface area contributed by atoms with Crippen molar-refractivity contribution in [2.45, 2.75) is 19.4 Å². The van der Waals surface area contributed by atoms with E-state index in [0.717, 1.165) is 47.5 Å². The van der Waals surface area contributed by atoms with Crippen molar-refractivity contribution in [3.63, 3.8) is 0 Å². The molecule has 5 nitrogen and oxygen atoms in total. The summed E-state index contributed by atoms with van der Waals surface area (Å²) in [5.41, 5.74) is 2.03. The molecule has 0 fully saturated rings. The van der Waals surface area contributed by atoms with E-state index in [1.807, 2.05) is 35.0 Å². The van der Waals surface area contributed by atoms with Gasteiger partial charge >= 0.3 is 0 Å². The molecule has 0 atom stereocenters. The van der Waals surface area contributed by atoms with E-state index in [9.17, 15) is 0 Å². The van der Waals surface area contributed by atoms with Gasteiger partial charge in [-0.15, -0.1) is 10.2 Å². The highest BCUT2D eigenvalue weighted by Crippen LogP contribution is 2.24. The molecule has 0 saturated carbocycles. The normalized spacial score (nSPS) is 10.9. The Balaban J connectivity index is 1.56. The highest BCUT2D eigenvalue weighted by atomic mass is 35.5. The fraction of sp³-hybridized carbons (Fsp3) is 0.267. The van der Waals surface area contributed by atoms with E-state index in [-0.39, 0.29) is 0 Å². The zero-order chi connectivity index (χ0) is 14.5. The van der Waals surface area contributed by atoms with Gasteiger partial charge in [-0.25, -0.2) is 0 Å². The molecule has 2 aromatic heterocycles. The van der Waals surface area contributed by atoms with Gasteiger partial charge in [0.2, 0.25) is 0 Å². The Morgan fingerprint density at radius 1 is 1.10 bits per heavy atom. The van der Waals surface area contributed by atoms with E-state index in [1.54, 1.807) is 12.7 Å². The van der Waals surface area contributed by atoms with Crippen molar-refractivity contribution >= 4 is 28.2 Å². The molecule has 0 amide bonds. The van der Waals surface area contributed by atoms with E-state index >= 15 is 0 Å². The lowest BCUT2D eigenvalue weighted by molar-refractivity contribution is 0.619. The lowest BCUT2D eigenvalue weighted by Gasteiger charge is -2.09. The molecule has 2 heterocycles. The number of halogens is 1. The van der Waals surface area contributed by atoms with E-state index in [4.69, 9.17) is 11.6 Å². The second-order valence-electron chi connectivity index (χ2n) is 4.85. The van der Waals surface area contributed by atoms with Crippen LogP contribution in [0.2, 0.25) is 5.02 Å². The van der Waals surface area contributed by atoms with Crippen LogP contribution in [-0.4, -0.2) is 26.3 Å². The Morgan fingerprint density at radius 2 is 1.95 bits per heavy atom. The molecule has 0 radical (unpaired) electrons. The van der Waals surface area contributed by atoms with Gasteiger partial charge in [0.1, 0.15) is 12.7 Å². The van der Waals surface area contributed by atoms with Crippen LogP contribution < -0.4 is 5.32 Å². The SMILES string of the molecule is Clc1ccc2nccc(NCCCCn3cnnc3)c2c1. The molecule has 108 valence electrons. The van der Waals surface area contributed by atoms with Gasteiger partial charge in [-0.05, 0) is 37.1 Å². The predicted octanol–water partition coefficient (Wildman–Crippen LogP) is 3.37. The summed E-state index contributed by atoms with van der Waals surface area (Å²) >= 11 is 6.06. The molecular formula is C15H16ClN5. The van der Waals surface area contributed by atoms with Crippen LogP contribution in [0.1, 0.15) is 12.8 Å². The molecule has 3 aromatic rings. The topological polar surface area (TPSA) is 55.6 Å². The van der Waals surface area contributed by atoms with Gasteiger partial charge in [0.05, 0.1) is 5.52 Å². The second-order valence-corrected chi connectivity index (χ2v) is 5.29. The molecule has 0 unspecified atom stereocenters. The van der Waals surface area contributed by atoms with Crippen LogP contribution in [0.5, 0.6) is 0 Å². The minimum Gasteiger partial charge on any atom is -0.384 e. The first-order valence-corrected chi connectivity index (χ1v) is 7.31. The number of aromatic nitrogens is 4. The fourth-order valence-corrected chi connectivity index (χ4v) is 2.42. The Bertz CT molecular complexity index is 711. The summed E-state index contributed by atoms with van der Waals surface area (Å²) < 4.78 is 1.99. The summed E-state index contributed by atoms with van der Waals surface area (Å²) in [6.45, 7) is 1.85. The van der Waals surface area contributed by atoms with E-state index < -0.39 is 0 Å². The van der Waals surface area contributed by atoms with Crippen LogP contribution in [0.15, 0.2) is 43.1 Å². The van der Waals surface area contributed by atoms with Gasteiger partial charge in [-0.3, -0.25) is 4.98 Å².